The van der Waals surface area contributed by atoms with Crippen molar-refractivity contribution >= 4 is 17.3 Å². The van der Waals surface area contributed by atoms with Crippen LogP contribution in [0.2, 0.25) is 0 Å². The molecule has 4 heteroatoms. The first-order valence-electron chi connectivity index (χ1n) is 6.57. The minimum atomic E-state index is -0.317. The summed E-state index contributed by atoms with van der Waals surface area (Å²) < 4.78 is 13.3. The van der Waals surface area contributed by atoms with Crippen molar-refractivity contribution < 1.29 is 9.18 Å². The summed E-state index contributed by atoms with van der Waals surface area (Å²) in [5.41, 5.74) is 8.97. The number of carbonyl (C=O) groups is 1. The predicted octanol–water partition coefficient (Wildman–Crippen LogP) is 2.54. The van der Waals surface area contributed by atoms with Crippen LogP contribution in [0.1, 0.15) is 11.1 Å². The van der Waals surface area contributed by atoms with Crippen LogP contribution in [-0.2, 0) is 17.6 Å². The van der Waals surface area contributed by atoms with E-state index in [1.807, 2.05) is 18.2 Å². The highest BCUT2D eigenvalue weighted by atomic mass is 19.1. The summed E-state index contributed by atoms with van der Waals surface area (Å²) in [5, 5.41) is 0. The van der Waals surface area contributed by atoms with Crippen molar-refractivity contribution in [2.45, 2.75) is 12.8 Å². The molecule has 3 nitrogen and oxygen atoms in total. The molecule has 0 aliphatic carbocycles. The van der Waals surface area contributed by atoms with Gasteiger partial charge in [0.1, 0.15) is 5.82 Å². The van der Waals surface area contributed by atoms with E-state index in [4.69, 9.17) is 5.73 Å². The first kappa shape index (κ1) is 12.7. The Balaban J connectivity index is 1.84. The number of para-hydroxylation sites is 1. The fourth-order valence-corrected chi connectivity index (χ4v) is 2.56. The van der Waals surface area contributed by atoms with Crippen molar-refractivity contribution in [1.29, 1.82) is 0 Å². The lowest BCUT2D eigenvalue weighted by molar-refractivity contribution is -0.117. The Kier molecular flexibility index (Phi) is 3.14. The molecule has 1 aliphatic rings. The van der Waals surface area contributed by atoms with E-state index in [1.165, 1.54) is 12.1 Å². The van der Waals surface area contributed by atoms with Crippen LogP contribution >= 0.6 is 0 Å². The summed E-state index contributed by atoms with van der Waals surface area (Å²) >= 11 is 0. The average molecular weight is 270 g/mol. The van der Waals surface area contributed by atoms with Gasteiger partial charge in [0.15, 0.2) is 0 Å². The lowest BCUT2D eigenvalue weighted by Crippen LogP contribution is -2.30. The first-order chi connectivity index (χ1) is 9.65. The van der Waals surface area contributed by atoms with Gasteiger partial charge in [0.05, 0.1) is 6.42 Å². The number of amides is 1. The Morgan fingerprint density at radius 3 is 2.85 bits per heavy atom. The zero-order valence-corrected chi connectivity index (χ0v) is 11.0. The summed E-state index contributed by atoms with van der Waals surface area (Å²) in [4.78, 5) is 14.0. The number of fused-ring (bicyclic) bond motifs is 1. The molecule has 2 aromatic rings. The van der Waals surface area contributed by atoms with E-state index < -0.39 is 0 Å². The van der Waals surface area contributed by atoms with Crippen molar-refractivity contribution in [3.8, 4) is 0 Å². The normalized spacial score (nSPS) is 13.3. The molecule has 0 saturated carbocycles. The smallest absolute Gasteiger partial charge is 0.231 e. The number of nitrogens with zero attached hydrogens (tertiary/aromatic N) is 1. The van der Waals surface area contributed by atoms with Crippen LogP contribution in [0.3, 0.4) is 0 Å². The predicted molar refractivity (Wildman–Crippen MR) is 77.0 cm³/mol. The molecule has 0 radical (unpaired) electrons. The number of hydrogen-bond acceptors (Lipinski definition) is 2. The molecule has 3 rings (SSSR count). The second-order valence-corrected chi connectivity index (χ2v) is 4.94. The molecule has 1 amide bonds. The van der Waals surface area contributed by atoms with Crippen LogP contribution < -0.4 is 10.6 Å². The molecule has 2 aromatic carbocycles. The number of nitrogen functional groups attached to an aromatic ring is 1. The third-order valence-electron chi connectivity index (χ3n) is 3.64. The molecule has 0 fully saturated rings. The monoisotopic (exact) mass is 270 g/mol. The second kappa shape index (κ2) is 4.96. The zero-order chi connectivity index (χ0) is 14.1. The van der Waals surface area contributed by atoms with Crippen LogP contribution in [0.4, 0.5) is 15.8 Å². The van der Waals surface area contributed by atoms with Gasteiger partial charge in [-0.25, -0.2) is 4.39 Å². The number of anilines is 2. The fourth-order valence-electron chi connectivity index (χ4n) is 2.56. The highest BCUT2D eigenvalue weighted by Gasteiger charge is 2.25. The third-order valence-corrected chi connectivity index (χ3v) is 3.64. The largest absolute Gasteiger partial charge is 0.398 e. The van der Waals surface area contributed by atoms with Gasteiger partial charge in [0.25, 0.3) is 0 Å². The van der Waals surface area contributed by atoms with E-state index in [9.17, 15) is 9.18 Å². The Morgan fingerprint density at radius 1 is 1.25 bits per heavy atom. The molecule has 0 unspecified atom stereocenters. The van der Waals surface area contributed by atoms with E-state index in [-0.39, 0.29) is 18.1 Å². The molecule has 0 atom stereocenters. The van der Waals surface area contributed by atoms with E-state index in [2.05, 4.69) is 0 Å². The van der Waals surface area contributed by atoms with Crippen molar-refractivity contribution in [2.75, 3.05) is 17.2 Å². The molecular weight excluding hydrogens is 255 g/mol. The van der Waals surface area contributed by atoms with E-state index in [0.717, 1.165) is 17.5 Å². The molecule has 0 aromatic heterocycles. The number of halogens is 1. The topological polar surface area (TPSA) is 46.3 Å². The average Bonchev–Trinajstić information content (AvgIpc) is 2.84. The quantitative estimate of drug-likeness (QED) is 0.852. The van der Waals surface area contributed by atoms with Gasteiger partial charge in [-0.1, -0.05) is 24.3 Å². The highest BCUT2D eigenvalue weighted by molar-refractivity contribution is 5.97. The molecule has 0 spiro atoms. The Hall–Kier alpha value is -2.36. The molecule has 1 aliphatic heterocycles. The van der Waals surface area contributed by atoms with Gasteiger partial charge in [-0.05, 0) is 35.7 Å². The molecule has 2 N–H and O–H groups in total. The summed E-state index contributed by atoms with van der Waals surface area (Å²) in [7, 11) is 0. The fraction of sp³-hybridized carbons (Fsp3) is 0.188. The van der Waals surface area contributed by atoms with E-state index in [0.29, 0.717) is 17.9 Å². The highest BCUT2D eigenvalue weighted by Crippen LogP contribution is 2.29. The Labute approximate surface area is 116 Å². The van der Waals surface area contributed by atoms with Gasteiger partial charge in [0.2, 0.25) is 5.91 Å². The molecule has 0 saturated heterocycles. The van der Waals surface area contributed by atoms with Gasteiger partial charge in [-0.15, -0.1) is 0 Å². The summed E-state index contributed by atoms with van der Waals surface area (Å²) in [6.07, 6.45) is 1.01. The molecule has 0 bridgehead atoms. The lowest BCUT2D eigenvalue weighted by Gasteiger charge is -2.18. The number of carbonyl (C=O) groups excluding carboxylic acids is 1. The van der Waals surface area contributed by atoms with Gasteiger partial charge in [0, 0.05) is 17.9 Å². The Bertz CT molecular complexity index is 669. The first-order valence-corrected chi connectivity index (χ1v) is 6.57. The molecule has 102 valence electrons. The second-order valence-electron chi connectivity index (χ2n) is 4.94. The van der Waals surface area contributed by atoms with Crippen LogP contribution in [-0.4, -0.2) is 12.5 Å². The summed E-state index contributed by atoms with van der Waals surface area (Å²) in [6.45, 7) is 0.602. The maximum Gasteiger partial charge on any atom is 0.231 e. The number of hydrogen-bond donors (Lipinski definition) is 1. The van der Waals surface area contributed by atoms with Crippen molar-refractivity contribution in [3.63, 3.8) is 0 Å². The van der Waals surface area contributed by atoms with Crippen LogP contribution in [0.25, 0.3) is 0 Å². The van der Waals surface area contributed by atoms with Gasteiger partial charge >= 0.3 is 0 Å². The minimum absolute atomic E-state index is 0.0488. The number of nitrogens with two attached hydrogens (primary N) is 1. The number of benzene rings is 2. The van der Waals surface area contributed by atoms with E-state index >= 15 is 0 Å². The lowest BCUT2D eigenvalue weighted by atomic mass is 10.1. The standard InChI is InChI=1S/C16H15FN2O/c17-13-6-5-11-7-8-19(15(11)10-13)16(20)9-12-3-1-2-4-14(12)18/h1-6,10H,7-9,18H2. The minimum Gasteiger partial charge on any atom is -0.398 e. The SMILES string of the molecule is Nc1ccccc1CC(=O)N1CCc2ccc(F)cc21. The Morgan fingerprint density at radius 2 is 2.05 bits per heavy atom. The van der Waals surface area contributed by atoms with Crippen LogP contribution in [0.15, 0.2) is 42.5 Å². The van der Waals surface area contributed by atoms with Crippen molar-refractivity contribution in [1.82, 2.24) is 0 Å². The third kappa shape index (κ3) is 2.25. The van der Waals surface area contributed by atoms with Crippen molar-refractivity contribution in [2.24, 2.45) is 0 Å². The molecule has 20 heavy (non-hydrogen) atoms. The van der Waals surface area contributed by atoms with E-state index in [1.54, 1.807) is 17.0 Å². The van der Waals surface area contributed by atoms with Crippen LogP contribution in [0, 0.1) is 5.82 Å². The maximum absolute atomic E-state index is 13.3. The van der Waals surface area contributed by atoms with Gasteiger partial charge in [-0.2, -0.15) is 0 Å². The van der Waals surface area contributed by atoms with Gasteiger partial charge in [-0.3, -0.25) is 4.79 Å². The van der Waals surface area contributed by atoms with Crippen LogP contribution in [0.5, 0.6) is 0 Å². The maximum atomic E-state index is 13.3. The summed E-state index contributed by atoms with van der Waals surface area (Å²) in [6, 6.07) is 11.9. The molecule has 1 heterocycles. The van der Waals surface area contributed by atoms with Crippen molar-refractivity contribution in [3.05, 3.63) is 59.4 Å². The van der Waals surface area contributed by atoms with Gasteiger partial charge < -0.3 is 10.6 Å². The molecular formula is C16H15FN2O. The zero-order valence-electron chi connectivity index (χ0n) is 11.0. The summed E-state index contributed by atoms with van der Waals surface area (Å²) in [5.74, 6) is -0.366. The number of rotatable bonds is 2.